The van der Waals surface area contributed by atoms with E-state index in [0.29, 0.717) is 29.0 Å². The van der Waals surface area contributed by atoms with Crippen LogP contribution >= 0.6 is 11.6 Å². The van der Waals surface area contributed by atoms with Crippen molar-refractivity contribution in [2.75, 3.05) is 6.54 Å². The maximum absolute atomic E-state index is 13.6. The van der Waals surface area contributed by atoms with Crippen molar-refractivity contribution in [3.63, 3.8) is 0 Å². The van der Waals surface area contributed by atoms with Gasteiger partial charge < -0.3 is 5.32 Å². The lowest BCUT2D eigenvalue weighted by Crippen LogP contribution is -2.34. The van der Waals surface area contributed by atoms with Gasteiger partial charge in [-0.25, -0.2) is 4.39 Å². The van der Waals surface area contributed by atoms with Gasteiger partial charge in [0, 0.05) is 16.6 Å². The second-order valence-corrected chi connectivity index (χ2v) is 5.45. The van der Waals surface area contributed by atoms with E-state index in [4.69, 9.17) is 11.6 Å². The SMILES string of the molecule is CCCNC(CCc1c(F)cccc1Cl)C(C)C. The van der Waals surface area contributed by atoms with Crippen LogP contribution in [0, 0.1) is 11.7 Å². The summed E-state index contributed by atoms with van der Waals surface area (Å²) in [6.45, 7) is 7.54. The van der Waals surface area contributed by atoms with Crippen LogP contribution in [0.5, 0.6) is 0 Å². The Balaban J connectivity index is 2.61. The molecule has 3 heteroatoms. The van der Waals surface area contributed by atoms with Crippen LogP contribution in [0.4, 0.5) is 4.39 Å². The van der Waals surface area contributed by atoms with Crippen LogP contribution in [-0.2, 0) is 6.42 Å². The van der Waals surface area contributed by atoms with Gasteiger partial charge in [-0.05, 0) is 43.9 Å². The molecule has 18 heavy (non-hydrogen) atoms. The maximum Gasteiger partial charge on any atom is 0.127 e. The average Bonchev–Trinajstić information content (AvgIpc) is 2.31. The molecule has 1 unspecified atom stereocenters. The largest absolute Gasteiger partial charge is 0.314 e. The molecule has 0 radical (unpaired) electrons. The first-order valence-electron chi connectivity index (χ1n) is 6.72. The Bertz CT molecular complexity index is 345. The fraction of sp³-hybridized carbons (Fsp3) is 0.600. The second-order valence-electron chi connectivity index (χ2n) is 5.04. The molecule has 0 saturated carbocycles. The molecule has 1 nitrogen and oxygen atoms in total. The predicted octanol–water partition coefficient (Wildman–Crippen LogP) is 4.44. The average molecular weight is 272 g/mol. The molecule has 0 spiro atoms. The van der Waals surface area contributed by atoms with Crippen LogP contribution < -0.4 is 5.32 Å². The molecule has 0 amide bonds. The minimum absolute atomic E-state index is 0.194. The summed E-state index contributed by atoms with van der Waals surface area (Å²) in [6, 6.07) is 5.30. The van der Waals surface area contributed by atoms with Crippen molar-refractivity contribution in [2.24, 2.45) is 5.92 Å². The van der Waals surface area contributed by atoms with Crippen LogP contribution in [0.15, 0.2) is 18.2 Å². The third-order valence-electron chi connectivity index (χ3n) is 3.23. The third kappa shape index (κ3) is 4.58. The lowest BCUT2D eigenvalue weighted by atomic mass is 9.96. The van der Waals surface area contributed by atoms with E-state index >= 15 is 0 Å². The minimum Gasteiger partial charge on any atom is -0.314 e. The Kier molecular flexibility index (Phi) is 6.66. The zero-order chi connectivity index (χ0) is 13.5. The number of nitrogens with one attached hydrogen (secondary N) is 1. The van der Waals surface area contributed by atoms with E-state index in [1.165, 1.54) is 6.07 Å². The number of halogens is 2. The Morgan fingerprint density at radius 1 is 1.33 bits per heavy atom. The van der Waals surface area contributed by atoms with E-state index < -0.39 is 0 Å². The molecule has 0 aliphatic carbocycles. The zero-order valence-electron chi connectivity index (χ0n) is 11.5. The first kappa shape index (κ1) is 15.5. The molecule has 0 heterocycles. The van der Waals surface area contributed by atoms with Crippen molar-refractivity contribution in [2.45, 2.75) is 46.1 Å². The van der Waals surface area contributed by atoms with Crippen molar-refractivity contribution >= 4 is 11.6 Å². The molecule has 0 fully saturated rings. The van der Waals surface area contributed by atoms with E-state index in [9.17, 15) is 4.39 Å². The van der Waals surface area contributed by atoms with Gasteiger partial charge in [-0.15, -0.1) is 0 Å². The molecule has 1 rings (SSSR count). The Hall–Kier alpha value is -0.600. The minimum atomic E-state index is -0.194. The molecule has 0 aromatic heterocycles. The monoisotopic (exact) mass is 271 g/mol. The molecule has 102 valence electrons. The highest BCUT2D eigenvalue weighted by atomic mass is 35.5. The summed E-state index contributed by atoms with van der Waals surface area (Å²) < 4.78 is 13.6. The molecule has 0 saturated heterocycles. The first-order valence-corrected chi connectivity index (χ1v) is 7.10. The standard InChI is InChI=1S/C15H23ClFN/c1-4-10-18-15(11(2)3)9-8-12-13(16)6-5-7-14(12)17/h5-7,11,15,18H,4,8-10H2,1-3H3. The molecular weight excluding hydrogens is 249 g/mol. The molecule has 0 bridgehead atoms. The van der Waals surface area contributed by atoms with Gasteiger partial charge in [-0.3, -0.25) is 0 Å². The van der Waals surface area contributed by atoms with Crippen LogP contribution in [0.1, 0.15) is 39.2 Å². The summed E-state index contributed by atoms with van der Waals surface area (Å²) in [5, 5.41) is 4.05. The summed E-state index contributed by atoms with van der Waals surface area (Å²) in [6.07, 6.45) is 2.72. The summed E-state index contributed by atoms with van der Waals surface area (Å²) in [5.41, 5.74) is 0.642. The van der Waals surface area contributed by atoms with Crippen LogP contribution in [0.3, 0.4) is 0 Å². The van der Waals surface area contributed by atoms with E-state index in [-0.39, 0.29) is 5.82 Å². The number of rotatable bonds is 7. The topological polar surface area (TPSA) is 12.0 Å². The molecular formula is C15H23ClFN. The second kappa shape index (κ2) is 7.75. The van der Waals surface area contributed by atoms with Crippen LogP contribution in [0.2, 0.25) is 5.02 Å². The van der Waals surface area contributed by atoms with Gasteiger partial charge in [-0.1, -0.05) is 38.4 Å². The van der Waals surface area contributed by atoms with Crippen molar-refractivity contribution in [1.29, 1.82) is 0 Å². The van der Waals surface area contributed by atoms with Crippen LogP contribution in [-0.4, -0.2) is 12.6 Å². The van der Waals surface area contributed by atoms with Crippen molar-refractivity contribution in [3.8, 4) is 0 Å². The predicted molar refractivity (Wildman–Crippen MR) is 76.7 cm³/mol. The number of hydrogen-bond acceptors (Lipinski definition) is 1. The molecule has 1 aromatic rings. The first-order chi connectivity index (χ1) is 8.56. The van der Waals surface area contributed by atoms with Gasteiger partial charge in [0.2, 0.25) is 0 Å². The van der Waals surface area contributed by atoms with Gasteiger partial charge >= 0.3 is 0 Å². The fourth-order valence-electron chi connectivity index (χ4n) is 2.07. The highest BCUT2D eigenvalue weighted by Gasteiger charge is 2.14. The third-order valence-corrected chi connectivity index (χ3v) is 3.58. The Morgan fingerprint density at radius 2 is 2.06 bits per heavy atom. The van der Waals surface area contributed by atoms with E-state index in [2.05, 4.69) is 26.1 Å². The van der Waals surface area contributed by atoms with Crippen molar-refractivity contribution < 1.29 is 4.39 Å². The van der Waals surface area contributed by atoms with E-state index in [1.54, 1.807) is 12.1 Å². The highest BCUT2D eigenvalue weighted by molar-refractivity contribution is 6.31. The summed E-state index contributed by atoms with van der Waals surface area (Å²) in [5.74, 6) is 0.350. The quantitative estimate of drug-likeness (QED) is 0.773. The van der Waals surface area contributed by atoms with Gasteiger partial charge in [0.1, 0.15) is 5.82 Å². The summed E-state index contributed by atoms with van der Waals surface area (Å²) in [7, 11) is 0. The Morgan fingerprint density at radius 3 is 2.61 bits per heavy atom. The summed E-state index contributed by atoms with van der Waals surface area (Å²) >= 11 is 6.04. The molecule has 1 atom stereocenters. The maximum atomic E-state index is 13.6. The van der Waals surface area contributed by atoms with Crippen molar-refractivity contribution in [3.05, 3.63) is 34.6 Å². The van der Waals surface area contributed by atoms with Crippen molar-refractivity contribution in [1.82, 2.24) is 5.32 Å². The fourth-order valence-corrected chi connectivity index (χ4v) is 2.33. The van der Waals surface area contributed by atoms with Gasteiger partial charge in [0.25, 0.3) is 0 Å². The Labute approximate surface area is 115 Å². The molecule has 1 N–H and O–H groups in total. The highest BCUT2D eigenvalue weighted by Crippen LogP contribution is 2.22. The number of benzene rings is 1. The van der Waals surface area contributed by atoms with E-state index in [0.717, 1.165) is 19.4 Å². The summed E-state index contributed by atoms with van der Waals surface area (Å²) in [4.78, 5) is 0. The molecule has 1 aromatic carbocycles. The lowest BCUT2D eigenvalue weighted by molar-refractivity contribution is 0.376. The zero-order valence-corrected chi connectivity index (χ0v) is 12.2. The van der Waals surface area contributed by atoms with Gasteiger partial charge in [0.05, 0.1) is 0 Å². The lowest BCUT2D eigenvalue weighted by Gasteiger charge is -2.22. The van der Waals surface area contributed by atoms with Gasteiger partial charge in [0.15, 0.2) is 0 Å². The molecule has 0 aliphatic rings. The number of hydrogen-bond donors (Lipinski definition) is 1. The van der Waals surface area contributed by atoms with E-state index in [1.807, 2.05) is 0 Å². The smallest absolute Gasteiger partial charge is 0.127 e. The van der Waals surface area contributed by atoms with Gasteiger partial charge in [-0.2, -0.15) is 0 Å². The molecule has 0 aliphatic heterocycles. The normalized spacial score (nSPS) is 13.0. The van der Waals surface area contributed by atoms with Crippen LogP contribution in [0.25, 0.3) is 0 Å².